The van der Waals surface area contributed by atoms with Crippen molar-refractivity contribution < 1.29 is 14.3 Å². The summed E-state index contributed by atoms with van der Waals surface area (Å²) >= 11 is 0. The Kier molecular flexibility index (Phi) is 4.77. The summed E-state index contributed by atoms with van der Waals surface area (Å²) in [4.78, 5) is 25.2. The number of carbonyl (C=O) groups is 2. The molecule has 1 saturated heterocycles. The van der Waals surface area contributed by atoms with Gasteiger partial charge in [0.15, 0.2) is 0 Å². The van der Waals surface area contributed by atoms with Crippen LogP contribution in [0.3, 0.4) is 0 Å². The number of ketones is 1. The summed E-state index contributed by atoms with van der Waals surface area (Å²) in [7, 11) is 0. The van der Waals surface area contributed by atoms with Gasteiger partial charge in [0, 0.05) is 19.0 Å². The Morgan fingerprint density at radius 3 is 2.61 bits per heavy atom. The molecule has 4 heteroatoms. The van der Waals surface area contributed by atoms with Crippen molar-refractivity contribution in [2.45, 2.75) is 46.1 Å². The van der Waals surface area contributed by atoms with Crippen molar-refractivity contribution in [3.8, 4) is 11.8 Å². The number of hydrogen-bond donors (Lipinski definition) is 0. The van der Waals surface area contributed by atoms with E-state index in [1.165, 1.54) is 0 Å². The maximum absolute atomic E-state index is 11.8. The first-order valence-corrected chi connectivity index (χ1v) is 6.23. The summed E-state index contributed by atoms with van der Waals surface area (Å²) in [6.45, 7) is 8.26. The van der Waals surface area contributed by atoms with Crippen LogP contribution in [-0.4, -0.2) is 35.5 Å². The fourth-order valence-corrected chi connectivity index (χ4v) is 1.84. The van der Waals surface area contributed by atoms with Crippen LogP contribution in [0.25, 0.3) is 0 Å². The molecule has 0 aliphatic carbocycles. The fraction of sp³-hybridized carbons (Fsp3) is 0.714. The third-order valence-corrected chi connectivity index (χ3v) is 2.73. The van der Waals surface area contributed by atoms with Crippen molar-refractivity contribution in [1.82, 2.24) is 4.90 Å². The molecule has 0 aromatic carbocycles. The Hall–Kier alpha value is -1.50. The summed E-state index contributed by atoms with van der Waals surface area (Å²) in [5.74, 6) is 5.52. The molecule has 1 atom stereocenters. The van der Waals surface area contributed by atoms with Gasteiger partial charge in [-0.15, -0.1) is 5.92 Å². The van der Waals surface area contributed by atoms with Gasteiger partial charge < -0.3 is 9.64 Å². The molecule has 0 saturated carbocycles. The second-order valence-corrected chi connectivity index (χ2v) is 5.48. The zero-order valence-corrected chi connectivity index (χ0v) is 11.6. The maximum atomic E-state index is 11.8. The first kappa shape index (κ1) is 14.6. The van der Waals surface area contributed by atoms with Crippen LogP contribution in [0.2, 0.25) is 0 Å². The van der Waals surface area contributed by atoms with Crippen molar-refractivity contribution in [1.29, 1.82) is 0 Å². The van der Waals surface area contributed by atoms with Crippen molar-refractivity contribution in [3.63, 3.8) is 0 Å². The molecule has 0 aromatic heterocycles. The molecular weight excluding hydrogens is 230 g/mol. The van der Waals surface area contributed by atoms with E-state index in [2.05, 4.69) is 11.8 Å². The van der Waals surface area contributed by atoms with E-state index in [1.54, 1.807) is 11.8 Å². The smallest absolute Gasteiger partial charge is 0.410 e. The zero-order valence-electron chi connectivity index (χ0n) is 11.6. The Morgan fingerprint density at radius 1 is 1.39 bits per heavy atom. The quantitative estimate of drug-likeness (QED) is 0.707. The van der Waals surface area contributed by atoms with Crippen molar-refractivity contribution in [2.75, 3.05) is 13.1 Å². The molecule has 0 spiro atoms. The van der Waals surface area contributed by atoms with Crippen LogP contribution in [0.15, 0.2) is 0 Å². The summed E-state index contributed by atoms with van der Waals surface area (Å²) in [6, 6.07) is 0. The summed E-state index contributed by atoms with van der Waals surface area (Å²) in [5.41, 5.74) is -0.493. The fourth-order valence-electron chi connectivity index (χ4n) is 1.84. The van der Waals surface area contributed by atoms with Gasteiger partial charge in [-0.25, -0.2) is 4.79 Å². The van der Waals surface area contributed by atoms with Gasteiger partial charge in [0.25, 0.3) is 0 Å². The highest BCUT2D eigenvalue weighted by Crippen LogP contribution is 2.20. The van der Waals surface area contributed by atoms with Crippen molar-refractivity contribution in [2.24, 2.45) is 5.92 Å². The zero-order chi connectivity index (χ0) is 13.8. The van der Waals surface area contributed by atoms with Crippen molar-refractivity contribution >= 4 is 11.9 Å². The average Bonchev–Trinajstić information content (AvgIpc) is 2.72. The van der Waals surface area contributed by atoms with E-state index in [4.69, 9.17) is 4.74 Å². The monoisotopic (exact) mass is 251 g/mol. The minimum Gasteiger partial charge on any atom is -0.444 e. The third-order valence-electron chi connectivity index (χ3n) is 2.73. The van der Waals surface area contributed by atoms with E-state index in [-0.39, 0.29) is 24.2 Å². The lowest BCUT2D eigenvalue weighted by Crippen LogP contribution is -2.35. The highest BCUT2D eigenvalue weighted by atomic mass is 16.6. The minimum absolute atomic E-state index is 0.0848. The summed E-state index contributed by atoms with van der Waals surface area (Å²) in [6.07, 6.45) is 0.659. The van der Waals surface area contributed by atoms with Gasteiger partial charge in [-0.05, 0) is 34.1 Å². The number of Topliss-reactive ketones (excluding diaryl/α,β-unsaturated/α-hetero) is 1. The molecule has 18 heavy (non-hydrogen) atoms. The number of hydrogen-bond acceptors (Lipinski definition) is 3. The third kappa shape index (κ3) is 4.40. The molecule has 0 bridgehead atoms. The molecule has 1 unspecified atom stereocenters. The predicted octanol–water partition coefficient (Wildman–Crippen LogP) is 2.23. The van der Waals surface area contributed by atoms with Gasteiger partial charge in [0.2, 0.25) is 0 Å². The van der Waals surface area contributed by atoms with Crippen LogP contribution >= 0.6 is 0 Å². The van der Waals surface area contributed by atoms with Gasteiger partial charge in [0.05, 0.1) is 6.42 Å². The molecule has 100 valence electrons. The van der Waals surface area contributed by atoms with E-state index in [0.717, 1.165) is 0 Å². The molecule has 1 heterocycles. The van der Waals surface area contributed by atoms with E-state index >= 15 is 0 Å². The highest BCUT2D eigenvalue weighted by Gasteiger charge is 2.32. The maximum Gasteiger partial charge on any atom is 0.410 e. The average molecular weight is 251 g/mol. The van der Waals surface area contributed by atoms with E-state index in [0.29, 0.717) is 19.5 Å². The number of ether oxygens (including phenoxy) is 1. The van der Waals surface area contributed by atoms with E-state index < -0.39 is 5.60 Å². The number of carbonyl (C=O) groups excluding carboxylic acids is 2. The topological polar surface area (TPSA) is 46.6 Å². The standard InChI is InChI=1S/C14H21NO3/c1-5-6-7-12(16)11-8-9-15(10-11)13(17)18-14(2,3)4/h11H,7-10H2,1-4H3. The van der Waals surface area contributed by atoms with Gasteiger partial charge >= 0.3 is 6.09 Å². The second kappa shape index (κ2) is 5.90. The molecule has 0 aromatic rings. The Morgan fingerprint density at radius 2 is 2.06 bits per heavy atom. The lowest BCUT2D eigenvalue weighted by molar-refractivity contribution is -0.121. The molecule has 4 nitrogen and oxygen atoms in total. The molecule has 1 rings (SSSR count). The van der Waals surface area contributed by atoms with Gasteiger partial charge in [-0.3, -0.25) is 4.79 Å². The predicted molar refractivity (Wildman–Crippen MR) is 69.0 cm³/mol. The van der Waals surface area contributed by atoms with Crippen LogP contribution in [0, 0.1) is 17.8 Å². The number of nitrogens with zero attached hydrogens (tertiary/aromatic N) is 1. The first-order chi connectivity index (χ1) is 8.33. The molecule has 0 radical (unpaired) electrons. The first-order valence-electron chi connectivity index (χ1n) is 6.23. The van der Waals surface area contributed by atoms with Crippen LogP contribution in [-0.2, 0) is 9.53 Å². The van der Waals surface area contributed by atoms with Gasteiger partial charge in [-0.1, -0.05) is 5.92 Å². The Labute approximate surface area is 109 Å². The van der Waals surface area contributed by atoms with Crippen LogP contribution < -0.4 is 0 Å². The highest BCUT2D eigenvalue weighted by molar-refractivity contribution is 5.84. The van der Waals surface area contributed by atoms with Crippen LogP contribution in [0.1, 0.15) is 40.5 Å². The molecule has 0 N–H and O–H groups in total. The minimum atomic E-state index is -0.493. The van der Waals surface area contributed by atoms with E-state index in [1.807, 2.05) is 20.8 Å². The summed E-state index contributed by atoms with van der Waals surface area (Å²) < 4.78 is 5.28. The Bertz CT molecular complexity index is 384. The van der Waals surface area contributed by atoms with E-state index in [9.17, 15) is 9.59 Å². The molecule has 1 amide bonds. The van der Waals surface area contributed by atoms with Crippen LogP contribution in [0.4, 0.5) is 4.79 Å². The van der Waals surface area contributed by atoms with Crippen molar-refractivity contribution in [3.05, 3.63) is 0 Å². The summed E-state index contributed by atoms with van der Waals surface area (Å²) in [5, 5.41) is 0. The molecule has 1 fully saturated rings. The largest absolute Gasteiger partial charge is 0.444 e. The molecule has 1 aliphatic heterocycles. The molecule has 1 aliphatic rings. The van der Waals surface area contributed by atoms with Gasteiger partial charge in [-0.2, -0.15) is 0 Å². The number of likely N-dealkylation sites (tertiary alicyclic amines) is 1. The van der Waals surface area contributed by atoms with Gasteiger partial charge in [0.1, 0.15) is 11.4 Å². The normalized spacial score (nSPS) is 19.1. The van der Waals surface area contributed by atoms with Crippen LogP contribution in [0.5, 0.6) is 0 Å². The Balaban J connectivity index is 2.47. The lowest BCUT2D eigenvalue weighted by Gasteiger charge is -2.24. The SMILES string of the molecule is CC#CCC(=O)C1CCN(C(=O)OC(C)(C)C)C1. The second-order valence-electron chi connectivity index (χ2n) is 5.48. The number of amides is 1. The number of rotatable bonds is 2. The lowest BCUT2D eigenvalue weighted by atomic mass is 10.0. The molecular formula is C14H21NO3.